The quantitative estimate of drug-likeness (QED) is 0.688. The number of aliphatic hydroxyl groups excluding tert-OH is 1. The van der Waals surface area contributed by atoms with E-state index in [-0.39, 0.29) is 6.61 Å². The van der Waals surface area contributed by atoms with Crippen molar-refractivity contribution in [3.05, 3.63) is 35.9 Å². The van der Waals surface area contributed by atoms with Crippen LogP contribution in [0.2, 0.25) is 0 Å². The predicted molar refractivity (Wildman–Crippen MR) is 92.7 cm³/mol. The van der Waals surface area contributed by atoms with Crippen LogP contribution in [0.4, 0.5) is 0 Å². The SMILES string of the molecule is COC(=O)[C@@]1(C)OC2[C@@H](OC(COCc3ccccc3)[C@H](O)[C@@H]2OC(C)=O)O1. The highest BCUT2D eigenvalue weighted by atomic mass is 16.8. The number of rotatable bonds is 6. The molecule has 0 spiro atoms. The highest BCUT2D eigenvalue weighted by molar-refractivity contribution is 5.77. The van der Waals surface area contributed by atoms with Crippen LogP contribution in [0, 0.1) is 0 Å². The molecule has 2 fully saturated rings. The Morgan fingerprint density at radius 3 is 2.57 bits per heavy atom. The van der Waals surface area contributed by atoms with E-state index in [4.69, 9.17) is 23.7 Å². The fraction of sp³-hybridized carbons (Fsp3) is 0.579. The fourth-order valence-electron chi connectivity index (χ4n) is 3.23. The first kappa shape index (κ1) is 20.7. The average Bonchev–Trinajstić information content (AvgIpc) is 3.02. The molecule has 0 amide bonds. The lowest BCUT2D eigenvalue weighted by atomic mass is 9.99. The molecule has 0 bridgehead atoms. The zero-order valence-electron chi connectivity index (χ0n) is 15.9. The molecule has 1 aromatic carbocycles. The van der Waals surface area contributed by atoms with Gasteiger partial charge in [-0.25, -0.2) is 4.79 Å². The molecule has 1 N–H and O–H groups in total. The minimum atomic E-state index is -1.73. The normalized spacial score (nSPS) is 34.5. The molecule has 1 aromatic rings. The van der Waals surface area contributed by atoms with Crippen molar-refractivity contribution in [2.24, 2.45) is 0 Å². The van der Waals surface area contributed by atoms with Gasteiger partial charge in [-0.15, -0.1) is 0 Å². The predicted octanol–water partition coefficient (Wildman–Crippen LogP) is 0.525. The summed E-state index contributed by atoms with van der Waals surface area (Å²) in [5.74, 6) is -3.11. The number of hydrogen-bond acceptors (Lipinski definition) is 9. The van der Waals surface area contributed by atoms with Crippen LogP contribution >= 0.6 is 0 Å². The Bertz CT molecular complexity index is 694. The number of fused-ring (bicyclic) bond motifs is 1. The third kappa shape index (κ3) is 4.34. The minimum Gasteiger partial charge on any atom is -0.465 e. The lowest BCUT2D eigenvalue weighted by Crippen LogP contribution is -2.59. The lowest BCUT2D eigenvalue weighted by Gasteiger charge is -2.39. The van der Waals surface area contributed by atoms with Crippen LogP contribution in [0.25, 0.3) is 0 Å². The van der Waals surface area contributed by atoms with Crippen molar-refractivity contribution in [3.63, 3.8) is 0 Å². The summed E-state index contributed by atoms with van der Waals surface area (Å²) >= 11 is 0. The molecule has 0 saturated carbocycles. The lowest BCUT2D eigenvalue weighted by molar-refractivity contribution is -0.264. The van der Waals surface area contributed by atoms with Gasteiger partial charge in [0.15, 0.2) is 18.5 Å². The summed E-state index contributed by atoms with van der Waals surface area (Å²) < 4.78 is 32.5. The topological polar surface area (TPSA) is 110 Å². The number of methoxy groups -OCH3 is 1. The molecule has 9 heteroatoms. The van der Waals surface area contributed by atoms with E-state index in [0.29, 0.717) is 6.61 Å². The number of benzene rings is 1. The molecule has 6 atom stereocenters. The van der Waals surface area contributed by atoms with E-state index in [1.807, 2.05) is 30.3 Å². The molecule has 3 rings (SSSR count). The highest BCUT2D eigenvalue weighted by Crippen LogP contribution is 2.38. The first-order valence-corrected chi connectivity index (χ1v) is 8.90. The second-order valence-corrected chi connectivity index (χ2v) is 6.75. The van der Waals surface area contributed by atoms with E-state index in [1.165, 1.54) is 21.0 Å². The Labute approximate surface area is 162 Å². The number of esters is 2. The van der Waals surface area contributed by atoms with E-state index >= 15 is 0 Å². The molecular formula is C19H24O9. The third-order valence-electron chi connectivity index (χ3n) is 4.57. The summed E-state index contributed by atoms with van der Waals surface area (Å²) in [6.07, 6.45) is -5.20. The van der Waals surface area contributed by atoms with Gasteiger partial charge in [-0.1, -0.05) is 30.3 Å². The second-order valence-electron chi connectivity index (χ2n) is 6.75. The Morgan fingerprint density at radius 2 is 1.93 bits per heavy atom. The molecule has 9 nitrogen and oxygen atoms in total. The van der Waals surface area contributed by atoms with Gasteiger partial charge in [-0.05, 0) is 5.56 Å². The van der Waals surface area contributed by atoms with Gasteiger partial charge < -0.3 is 33.5 Å². The van der Waals surface area contributed by atoms with Crippen molar-refractivity contribution >= 4 is 11.9 Å². The molecule has 0 radical (unpaired) electrons. The summed E-state index contributed by atoms with van der Waals surface area (Å²) in [4.78, 5) is 23.5. The van der Waals surface area contributed by atoms with Gasteiger partial charge in [0.1, 0.15) is 12.2 Å². The molecule has 2 aliphatic heterocycles. The van der Waals surface area contributed by atoms with Crippen LogP contribution in [0.5, 0.6) is 0 Å². The number of carbonyl (C=O) groups excluding carboxylic acids is 2. The first-order valence-electron chi connectivity index (χ1n) is 8.90. The number of ether oxygens (including phenoxy) is 6. The second kappa shape index (κ2) is 8.54. The summed E-state index contributed by atoms with van der Waals surface area (Å²) in [5, 5.41) is 10.7. The zero-order valence-corrected chi connectivity index (χ0v) is 15.9. The first-order chi connectivity index (χ1) is 13.3. The molecule has 0 aliphatic carbocycles. The molecule has 2 saturated heterocycles. The molecule has 2 aliphatic rings. The smallest absolute Gasteiger partial charge is 0.366 e. The van der Waals surface area contributed by atoms with Gasteiger partial charge in [0.2, 0.25) is 0 Å². The molecular weight excluding hydrogens is 372 g/mol. The maximum atomic E-state index is 12.0. The molecule has 2 heterocycles. The number of carbonyl (C=O) groups is 2. The van der Waals surface area contributed by atoms with Crippen molar-refractivity contribution in [1.29, 1.82) is 0 Å². The van der Waals surface area contributed by atoms with Gasteiger partial charge in [0, 0.05) is 13.8 Å². The Hall–Kier alpha value is -2.04. The van der Waals surface area contributed by atoms with Crippen molar-refractivity contribution in [1.82, 2.24) is 0 Å². The highest BCUT2D eigenvalue weighted by Gasteiger charge is 2.60. The molecule has 28 heavy (non-hydrogen) atoms. The monoisotopic (exact) mass is 396 g/mol. The van der Waals surface area contributed by atoms with Crippen LogP contribution in [0.15, 0.2) is 30.3 Å². The minimum absolute atomic E-state index is 0.0232. The Morgan fingerprint density at radius 1 is 1.21 bits per heavy atom. The van der Waals surface area contributed by atoms with Gasteiger partial charge in [-0.2, -0.15) is 0 Å². The Balaban J connectivity index is 1.70. The van der Waals surface area contributed by atoms with Crippen LogP contribution in [-0.4, -0.2) is 67.3 Å². The maximum absolute atomic E-state index is 12.0. The molecule has 154 valence electrons. The third-order valence-corrected chi connectivity index (χ3v) is 4.57. The summed E-state index contributed by atoms with van der Waals surface area (Å²) in [6.45, 7) is 2.93. The standard InChI is InChI=1S/C19H24O9/c1-11(20)25-15-14(21)13(10-24-9-12-7-5-4-6-8-12)26-17-16(15)27-19(2,28-17)18(22)23-3/h4-8,13-17,21H,9-10H2,1-3H3/t13?,14-,15-,16?,17-,19-/m0/s1. The average molecular weight is 396 g/mol. The van der Waals surface area contributed by atoms with Gasteiger partial charge >= 0.3 is 11.9 Å². The maximum Gasteiger partial charge on any atom is 0.366 e. The van der Waals surface area contributed by atoms with Crippen molar-refractivity contribution in [2.75, 3.05) is 13.7 Å². The van der Waals surface area contributed by atoms with Crippen LogP contribution in [0.3, 0.4) is 0 Å². The van der Waals surface area contributed by atoms with Gasteiger partial charge in [-0.3, -0.25) is 4.79 Å². The summed E-state index contributed by atoms with van der Waals surface area (Å²) in [7, 11) is 1.20. The molecule has 0 aromatic heterocycles. The fourth-order valence-corrected chi connectivity index (χ4v) is 3.23. The Kier molecular flexibility index (Phi) is 6.31. The van der Waals surface area contributed by atoms with E-state index in [9.17, 15) is 14.7 Å². The zero-order chi connectivity index (χ0) is 20.3. The summed E-state index contributed by atoms with van der Waals surface area (Å²) in [5.41, 5.74) is 0.959. The van der Waals surface area contributed by atoms with Gasteiger partial charge in [0.05, 0.1) is 20.3 Å². The number of aliphatic hydroxyl groups is 1. The van der Waals surface area contributed by atoms with E-state index in [1.54, 1.807) is 0 Å². The van der Waals surface area contributed by atoms with Crippen LogP contribution in [0.1, 0.15) is 19.4 Å². The van der Waals surface area contributed by atoms with Crippen LogP contribution < -0.4 is 0 Å². The van der Waals surface area contributed by atoms with Crippen molar-refractivity contribution < 1.29 is 43.1 Å². The summed E-state index contributed by atoms with van der Waals surface area (Å²) in [6, 6.07) is 9.50. The van der Waals surface area contributed by atoms with E-state index < -0.39 is 48.4 Å². The van der Waals surface area contributed by atoms with E-state index in [0.717, 1.165) is 5.56 Å². The molecule has 2 unspecified atom stereocenters. The van der Waals surface area contributed by atoms with Crippen molar-refractivity contribution in [3.8, 4) is 0 Å². The number of hydrogen-bond donors (Lipinski definition) is 1. The van der Waals surface area contributed by atoms with Crippen LogP contribution in [-0.2, 0) is 44.6 Å². The van der Waals surface area contributed by atoms with Crippen molar-refractivity contribution in [2.45, 2.75) is 56.9 Å². The van der Waals surface area contributed by atoms with E-state index in [2.05, 4.69) is 4.74 Å². The largest absolute Gasteiger partial charge is 0.465 e. The van der Waals surface area contributed by atoms with Gasteiger partial charge in [0.25, 0.3) is 5.79 Å².